The van der Waals surface area contributed by atoms with Crippen molar-refractivity contribution in [2.75, 3.05) is 31.6 Å². The van der Waals surface area contributed by atoms with Crippen LogP contribution < -0.4 is 10.5 Å². The van der Waals surface area contributed by atoms with Crippen molar-refractivity contribution in [1.82, 2.24) is 4.90 Å². The number of hydrogen-bond acceptors (Lipinski definition) is 5. The second kappa shape index (κ2) is 7.87. The number of hydrogen-bond donors (Lipinski definition) is 3. The molecule has 1 aromatic rings. The van der Waals surface area contributed by atoms with Crippen LogP contribution in [0.5, 0.6) is 0 Å². The van der Waals surface area contributed by atoms with Gasteiger partial charge in [-0.25, -0.2) is 13.6 Å². The maximum absolute atomic E-state index is 11.9. The van der Waals surface area contributed by atoms with Crippen LogP contribution >= 0.6 is 0 Å². The number of sulfonamides is 1. The lowest BCUT2D eigenvalue weighted by molar-refractivity contribution is -0.116. The third kappa shape index (κ3) is 5.58. The highest BCUT2D eigenvalue weighted by Crippen LogP contribution is 2.17. The number of piperidine rings is 1. The zero-order valence-corrected chi connectivity index (χ0v) is 13.8. The Morgan fingerprint density at radius 1 is 1.26 bits per heavy atom. The third-order valence-corrected chi connectivity index (χ3v) is 5.02. The zero-order valence-electron chi connectivity index (χ0n) is 12.9. The fourth-order valence-electron chi connectivity index (χ4n) is 2.60. The van der Waals surface area contributed by atoms with Gasteiger partial charge in [-0.15, -0.1) is 0 Å². The molecule has 8 heteroatoms. The lowest BCUT2D eigenvalue weighted by Gasteiger charge is -2.30. The minimum absolute atomic E-state index is 0.0160. The van der Waals surface area contributed by atoms with Gasteiger partial charge < -0.3 is 15.3 Å². The quantitative estimate of drug-likeness (QED) is 0.692. The van der Waals surface area contributed by atoms with E-state index >= 15 is 0 Å². The number of carbonyl (C=O) groups excluding carboxylic acids is 1. The molecule has 0 spiro atoms. The topological polar surface area (TPSA) is 113 Å². The van der Waals surface area contributed by atoms with Crippen LogP contribution in [0.3, 0.4) is 0 Å². The van der Waals surface area contributed by atoms with Crippen LogP contribution in [0.1, 0.15) is 19.3 Å². The van der Waals surface area contributed by atoms with E-state index in [0.717, 1.165) is 25.9 Å². The molecule has 1 aliphatic heterocycles. The first-order valence-corrected chi connectivity index (χ1v) is 9.19. The maximum atomic E-state index is 11.9. The highest BCUT2D eigenvalue weighted by molar-refractivity contribution is 7.89. The number of benzene rings is 1. The number of anilines is 1. The van der Waals surface area contributed by atoms with E-state index in [-0.39, 0.29) is 17.4 Å². The Hall–Kier alpha value is -1.48. The first-order valence-electron chi connectivity index (χ1n) is 7.64. The van der Waals surface area contributed by atoms with Crippen LogP contribution in [-0.4, -0.2) is 50.6 Å². The number of aliphatic hydroxyl groups excluding tert-OH is 1. The molecular formula is C15H23N3O4S. The average molecular weight is 341 g/mol. The molecule has 0 radical (unpaired) electrons. The Balaban J connectivity index is 1.77. The first kappa shape index (κ1) is 17.9. The van der Waals surface area contributed by atoms with Gasteiger partial charge in [-0.1, -0.05) is 0 Å². The van der Waals surface area contributed by atoms with Gasteiger partial charge in [0.1, 0.15) is 0 Å². The SMILES string of the molecule is NS(=O)(=O)c1ccc(NC(=O)CCN2CCC(CO)CC2)cc1. The number of amides is 1. The number of carbonyl (C=O) groups is 1. The minimum Gasteiger partial charge on any atom is -0.396 e. The van der Waals surface area contributed by atoms with Crippen molar-refractivity contribution in [1.29, 1.82) is 0 Å². The number of likely N-dealkylation sites (tertiary alicyclic amines) is 1. The smallest absolute Gasteiger partial charge is 0.238 e. The molecule has 1 amide bonds. The number of nitrogens with two attached hydrogens (primary N) is 1. The van der Waals surface area contributed by atoms with E-state index in [1.54, 1.807) is 0 Å². The molecule has 128 valence electrons. The van der Waals surface area contributed by atoms with Crippen molar-refractivity contribution >= 4 is 21.6 Å². The summed E-state index contributed by atoms with van der Waals surface area (Å²) in [6.07, 6.45) is 2.31. The fraction of sp³-hybridized carbons (Fsp3) is 0.533. The molecular weight excluding hydrogens is 318 g/mol. The molecule has 1 aromatic carbocycles. The normalized spacial score (nSPS) is 17.1. The summed E-state index contributed by atoms with van der Waals surface area (Å²) in [6.45, 7) is 2.73. The van der Waals surface area contributed by atoms with Crippen LogP contribution in [0, 0.1) is 5.92 Å². The summed E-state index contributed by atoms with van der Waals surface area (Å²) in [5, 5.41) is 16.9. The molecule has 0 atom stereocenters. The number of aliphatic hydroxyl groups is 1. The van der Waals surface area contributed by atoms with Crippen LogP contribution in [0.25, 0.3) is 0 Å². The van der Waals surface area contributed by atoms with Crippen molar-refractivity contribution in [3.05, 3.63) is 24.3 Å². The molecule has 0 aliphatic carbocycles. The summed E-state index contributed by atoms with van der Waals surface area (Å²) in [5.41, 5.74) is 0.543. The zero-order chi connectivity index (χ0) is 16.9. The first-order chi connectivity index (χ1) is 10.9. The van der Waals surface area contributed by atoms with E-state index in [1.807, 2.05) is 0 Å². The van der Waals surface area contributed by atoms with Gasteiger partial charge in [0.2, 0.25) is 15.9 Å². The minimum atomic E-state index is -3.72. The van der Waals surface area contributed by atoms with Crippen LogP contribution in [-0.2, 0) is 14.8 Å². The summed E-state index contributed by atoms with van der Waals surface area (Å²) in [6, 6.07) is 5.77. The fourth-order valence-corrected chi connectivity index (χ4v) is 3.12. The summed E-state index contributed by atoms with van der Waals surface area (Å²) in [5.74, 6) is 0.273. The molecule has 0 aromatic heterocycles. The number of rotatable bonds is 6. The van der Waals surface area contributed by atoms with E-state index in [4.69, 9.17) is 10.2 Å². The van der Waals surface area contributed by atoms with Gasteiger partial charge >= 0.3 is 0 Å². The second-order valence-corrected chi connectivity index (χ2v) is 7.40. The van der Waals surface area contributed by atoms with Crippen molar-refractivity contribution in [3.8, 4) is 0 Å². The van der Waals surface area contributed by atoms with Gasteiger partial charge in [0, 0.05) is 25.3 Å². The summed E-state index contributed by atoms with van der Waals surface area (Å²) >= 11 is 0. The Bertz CT molecular complexity index is 623. The van der Waals surface area contributed by atoms with E-state index in [1.165, 1.54) is 24.3 Å². The third-order valence-electron chi connectivity index (χ3n) is 4.09. The summed E-state index contributed by atoms with van der Waals surface area (Å²) in [7, 11) is -3.72. The molecule has 0 saturated carbocycles. The number of nitrogens with zero attached hydrogens (tertiary/aromatic N) is 1. The standard InChI is InChI=1S/C15H23N3O4S/c16-23(21,22)14-3-1-13(2-4-14)17-15(20)7-10-18-8-5-12(11-19)6-9-18/h1-4,12,19H,5-11H2,(H,17,20)(H2,16,21,22). The number of primary sulfonamides is 1. The van der Waals surface area contributed by atoms with Crippen molar-refractivity contribution < 1.29 is 18.3 Å². The summed E-state index contributed by atoms with van der Waals surface area (Å²) < 4.78 is 22.3. The van der Waals surface area contributed by atoms with Crippen molar-refractivity contribution in [2.45, 2.75) is 24.2 Å². The largest absolute Gasteiger partial charge is 0.396 e. The van der Waals surface area contributed by atoms with Crippen LogP contribution in [0.2, 0.25) is 0 Å². The van der Waals surface area contributed by atoms with Gasteiger partial charge in [-0.2, -0.15) is 0 Å². The lowest BCUT2D eigenvalue weighted by Crippen LogP contribution is -2.36. The molecule has 0 unspecified atom stereocenters. The number of nitrogens with one attached hydrogen (secondary N) is 1. The molecule has 23 heavy (non-hydrogen) atoms. The van der Waals surface area contributed by atoms with Crippen molar-refractivity contribution in [2.24, 2.45) is 11.1 Å². The monoisotopic (exact) mass is 341 g/mol. The van der Waals surface area contributed by atoms with Gasteiger partial charge in [0.05, 0.1) is 4.90 Å². The predicted molar refractivity (Wildman–Crippen MR) is 87.3 cm³/mol. The lowest BCUT2D eigenvalue weighted by atomic mass is 9.98. The Kier molecular flexibility index (Phi) is 6.11. The molecule has 1 saturated heterocycles. The molecule has 2 rings (SSSR count). The van der Waals surface area contributed by atoms with E-state index in [2.05, 4.69) is 10.2 Å². The van der Waals surface area contributed by atoms with E-state index in [9.17, 15) is 13.2 Å². The van der Waals surface area contributed by atoms with Gasteiger partial charge in [0.15, 0.2) is 0 Å². The van der Waals surface area contributed by atoms with E-state index < -0.39 is 10.0 Å². The molecule has 0 bridgehead atoms. The van der Waals surface area contributed by atoms with Gasteiger partial charge in [-0.3, -0.25) is 4.79 Å². The molecule has 7 nitrogen and oxygen atoms in total. The van der Waals surface area contributed by atoms with E-state index in [0.29, 0.717) is 24.6 Å². The maximum Gasteiger partial charge on any atom is 0.238 e. The average Bonchev–Trinajstić information content (AvgIpc) is 2.53. The van der Waals surface area contributed by atoms with Gasteiger partial charge in [-0.05, 0) is 56.1 Å². The highest BCUT2D eigenvalue weighted by atomic mass is 32.2. The highest BCUT2D eigenvalue weighted by Gasteiger charge is 2.18. The van der Waals surface area contributed by atoms with Gasteiger partial charge in [0.25, 0.3) is 0 Å². The molecule has 1 fully saturated rings. The Morgan fingerprint density at radius 3 is 2.39 bits per heavy atom. The molecule has 4 N–H and O–H groups in total. The second-order valence-electron chi connectivity index (χ2n) is 5.84. The Labute approximate surface area is 136 Å². The van der Waals surface area contributed by atoms with Crippen molar-refractivity contribution in [3.63, 3.8) is 0 Å². The predicted octanol–water partition coefficient (Wildman–Crippen LogP) is 0.367. The molecule has 1 heterocycles. The summed E-state index contributed by atoms with van der Waals surface area (Å²) in [4.78, 5) is 14.2. The van der Waals surface area contributed by atoms with Crippen LogP contribution in [0.15, 0.2) is 29.2 Å². The van der Waals surface area contributed by atoms with Crippen LogP contribution in [0.4, 0.5) is 5.69 Å². The molecule has 1 aliphatic rings. The Morgan fingerprint density at radius 2 is 1.87 bits per heavy atom.